The van der Waals surface area contributed by atoms with Crippen LogP contribution in [0.15, 0.2) is 47.6 Å². The van der Waals surface area contributed by atoms with Gasteiger partial charge in [0.1, 0.15) is 48.3 Å². The molecule has 0 radical (unpaired) electrons. The number of esters is 3. The van der Waals surface area contributed by atoms with E-state index in [-0.39, 0.29) is 61.6 Å². The van der Waals surface area contributed by atoms with Gasteiger partial charge in [-0.3, -0.25) is 28.8 Å². The third kappa shape index (κ3) is 18.7. The second kappa shape index (κ2) is 31.9. The molecular weight excluding hydrogens is 1040 g/mol. The van der Waals surface area contributed by atoms with Gasteiger partial charge in [-0.15, -0.1) is 0 Å². The molecule has 0 aromatic rings. The van der Waals surface area contributed by atoms with Crippen molar-refractivity contribution in [3.63, 3.8) is 0 Å². The van der Waals surface area contributed by atoms with E-state index in [4.69, 9.17) is 33.2 Å². The third-order valence-corrected chi connectivity index (χ3v) is 17.4. The van der Waals surface area contributed by atoms with Crippen LogP contribution in [0.3, 0.4) is 0 Å². The Labute approximate surface area is 473 Å². The smallest absolute Gasteiger partial charge is 0.329 e. The molecule has 3 heterocycles. The van der Waals surface area contributed by atoms with Gasteiger partial charge in [0.2, 0.25) is 5.79 Å². The Bertz CT molecular complexity index is 2190. The first kappa shape index (κ1) is 67.4. The summed E-state index contributed by atoms with van der Waals surface area (Å²) in [5.41, 5.74) is -0.309. The number of hydrogen-bond acceptors (Lipinski definition) is 18. The molecule has 0 aromatic heterocycles. The summed E-state index contributed by atoms with van der Waals surface area (Å²) in [5, 5.41) is 33.8. The van der Waals surface area contributed by atoms with Gasteiger partial charge in [0.05, 0.1) is 30.7 Å². The highest BCUT2D eigenvalue weighted by atomic mass is 32.2. The molecule has 18 nitrogen and oxygen atoms in total. The average molecular weight is 1130 g/mol. The molecule has 19 heteroatoms. The number of allylic oxidation sites excluding steroid dienone is 6. The predicted molar refractivity (Wildman–Crippen MR) is 298 cm³/mol. The van der Waals surface area contributed by atoms with Crippen molar-refractivity contribution in [1.82, 2.24) is 4.90 Å². The van der Waals surface area contributed by atoms with Gasteiger partial charge in [-0.25, -0.2) is 4.79 Å². The maximum atomic E-state index is 14.6. The summed E-state index contributed by atoms with van der Waals surface area (Å²) in [4.78, 5) is 98.6. The normalized spacial score (nSPS) is 36.0. The van der Waals surface area contributed by atoms with E-state index < -0.39 is 120 Å². The Balaban J connectivity index is 1.66. The number of aliphatic hydroxyl groups is 3. The zero-order valence-corrected chi connectivity index (χ0v) is 49.8. The number of methoxy groups -OCH3 is 3. The molecule has 3 aliphatic heterocycles. The van der Waals surface area contributed by atoms with E-state index in [1.807, 2.05) is 58.1 Å². The minimum absolute atomic E-state index is 0.0140. The van der Waals surface area contributed by atoms with E-state index in [1.165, 1.54) is 32.9 Å². The van der Waals surface area contributed by atoms with Crippen molar-refractivity contribution in [3.05, 3.63) is 47.6 Å². The molecule has 1 aliphatic carbocycles. The minimum atomic E-state index is -2.48. The zero-order valence-electron chi connectivity index (χ0n) is 49.0. The molecule has 1 unspecified atom stereocenters. The first-order chi connectivity index (χ1) is 37.4. The third-order valence-electron chi connectivity index (χ3n) is 16.5. The van der Waals surface area contributed by atoms with Crippen LogP contribution in [0.5, 0.6) is 0 Å². The first-order valence-corrected chi connectivity index (χ1v) is 29.6. The Morgan fingerprint density at radius 1 is 0.899 bits per heavy atom. The summed E-state index contributed by atoms with van der Waals surface area (Å²) < 4.78 is 41.1. The number of carbonyl (C=O) groups is 7. The Hall–Kier alpha value is -4.08. The van der Waals surface area contributed by atoms with Crippen LogP contribution in [0, 0.1) is 40.9 Å². The van der Waals surface area contributed by atoms with E-state index in [2.05, 4.69) is 0 Å². The molecule has 4 aliphatic rings. The second-order valence-corrected chi connectivity index (χ2v) is 24.3. The van der Waals surface area contributed by atoms with E-state index in [0.29, 0.717) is 69.1 Å². The highest BCUT2D eigenvalue weighted by Crippen LogP contribution is 2.39. The molecule has 3 fully saturated rings. The van der Waals surface area contributed by atoms with Gasteiger partial charge in [0.15, 0.2) is 5.78 Å². The lowest BCUT2D eigenvalue weighted by Gasteiger charge is -2.42. The highest BCUT2D eigenvalue weighted by Gasteiger charge is 2.53. The van der Waals surface area contributed by atoms with Crippen molar-refractivity contribution in [3.8, 4) is 0 Å². The highest BCUT2D eigenvalue weighted by molar-refractivity contribution is 7.99. The van der Waals surface area contributed by atoms with Crippen LogP contribution < -0.4 is 0 Å². The van der Waals surface area contributed by atoms with E-state index in [1.54, 1.807) is 40.9 Å². The number of nitrogens with zero attached hydrogens (tertiary/aromatic N) is 1. The fraction of sp³-hybridized carbons (Fsp3) is 0.750. The van der Waals surface area contributed by atoms with Crippen molar-refractivity contribution >= 4 is 52.9 Å². The number of ketones is 3. The van der Waals surface area contributed by atoms with E-state index in [0.717, 1.165) is 10.5 Å². The molecule has 0 spiro atoms. The number of aliphatic hydroxyl groups excluding tert-OH is 2. The quantitative estimate of drug-likeness (QED) is 0.0684. The lowest BCUT2D eigenvalue weighted by molar-refractivity contribution is -0.265. The van der Waals surface area contributed by atoms with Crippen molar-refractivity contribution in [2.75, 3.05) is 52.6 Å². The number of rotatable bonds is 14. The summed E-state index contributed by atoms with van der Waals surface area (Å²) in [6.07, 6.45) is 9.47. The minimum Gasteiger partial charge on any atom is -0.464 e. The predicted octanol–water partition coefficient (Wildman–Crippen LogP) is 7.03. The maximum Gasteiger partial charge on any atom is 0.329 e. The lowest BCUT2D eigenvalue weighted by atomic mass is 9.78. The Kier molecular flexibility index (Phi) is 27.3. The van der Waals surface area contributed by atoms with Gasteiger partial charge in [-0.05, 0) is 120 Å². The van der Waals surface area contributed by atoms with E-state index in [9.17, 15) is 48.9 Å². The number of ether oxygens (including phenoxy) is 7. The van der Waals surface area contributed by atoms with Crippen LogP contribution >= 0.6 is 11.8 Å². The van der Waals surface area contributed by atoms with Gasteiger partial charge in [-0.2, -0.15) is 11.8 Å². The number of piperidine rings is 1. The summed E-state index contributed by atoms with van der Waals surface area (Å²) in [5.74, 6) is -9.18. The van der Waals surface area contributed by atoms with Crippen LogP contribution in [0.25, 0.3) is 0 Å². The van der Waals surface area contributed by atoms with Gasteiger partial charge >= 0.3 is 17.9 Å². The number of thioether (sulfide) groups is 1. The number of carbonyl (C=O) groups excluding carboxylic acids is 7. The molecule has 79 heavy (non-hydrogen) atoms. The molecule has 4 rings (SSSR count). The number of Topliss-reactive ketones (excluding diaryl/α,β-unsaturated/α-hetero) is 3. The van der Waals surface area contributed by atoms with Crippen LogP contribution in [-0.4, -0.2) is 169 Å². The fourth-order valence-electron chi connectivity index (χ4n) is 11.1. The Morgan fingerprint density at radius 2 is 1.62 bits per heavy atom. The molecule has 2 saturated heterocycles. The van der Waals surface area contributed by atoms with Crippen molar-refractivity contribution in [2.24, 2.45) is 40.9 Å². The monoisotopic (exact) mass is 1130 g/mol. The number of cyclic esters (lactones) is 1. The molecule has 1 saturated carbocycles. The second-order valence-electron chi connectivity index (χ2n) is 23.0. The molecule has 3 N–H and O–H groups in total. The van der Waals surface area contributed by atoms with Crippen LogP contribution in [0.2, 0.25) is 0 Å². The molecular formula is C60H93NO17S. The van der Waals surface area contributed by atoms with E-state index >= 15 is 0 Å². The molecule has 16 atom stereocenters. The summed E-state index contributed by atoms with van der Waals surface area (Å²) in [6, 6.07) is -1.21. The average Bonchev–Trinajstić information content (AvgIpc) is 3.43. The molecule has 2 bridgehead atoms. The van der Waals surface area contributed by atoms with Gasteiger partial charge in [-0.1, -0.05) is 78.0 Å². The number of fused-ring (bicyclic) bond motifs is 3. The molecule has 1 amide bonds. The largest absolute Gasteiger partial charge is 0.464 e. The maximum absolute atomic E-state index is 14.6. The SMILES string of the molecule is CCSCC(=O)OCC(C)(CO)C(=O)O[C@@H]1CC[C@@H](C[C@@H](C)[C@@H]2CC(=O)[C@H](C)/C=C(\C)[C@@H](O)[C@@H](OC)C(=O)[C@H](C)C[C@H](C)/C=C/C=C/C=C(\C)[C@@H](OC)C[C@@H]3CC[C@@H](C)[C@@](O)(O3)C(=O)C(=O)N3CCCC[C@H]3C(=O)O2)C[C@H]1OC. The van der Waals surface area contributed by atoms with Crippen LogP contribution in [0.1, 0.15) is 139 Å². The van der Waals surface area contributed by atoms with Gasteiger partial charge < -0.3 is 53.4 Å². The fourth-order valence-corrected chi connectivity index (χ4v) is 11.6. The van der Waals surface area contributed by atoms with Crippen molar-refractivity contribution in [2.45, 2.75) is 194 Å². The van der Waals surface area contributed by atoms with Crippen LogP contribution in [-0.2, 0) is 66.7 Å². The van der Waals surface area contributed by atoms with Gasteiger partial charge in [0, 0.05) is 58.5 Å². The first-order valence-electron chi connectivity index (χ1n) is 28.4. The lowest BCUT2D eigenvalue weighted by Crippen LogP contribution is -2.61. The van der Waals surface area contributed by atoms with Crippen molar-refractivity contribution < 1.29 is 82.0 Å². The number of amides is 1. The molecule has 446 valence electrons. The van der Waals surface area contributed by atoms with Gasteiger partial charge in [0.25, 0.3) is 11.7 Å². The zero-order chi connectivity index (χ0) is 58.8. The summed E-state index contributed by atoms with van der Waals surface area (Å²) in [7, 11) is 4.43. The van der Waals surface area contributed by atoms with Crippen LogP contribution in [0.4, 0.5) is 0 Å². The van der Waals surface area contributed by atoms with Crippen molar-refractivity contribution in [1.29, 1.82) is 0 Å². The summed E-state index contributed by atoms with van der Waals surface area (Å²) >= 11 is 1.37. The summed E-state index contributed by atoms with van der Waals surface area (Å²) in [6.45, 7) is 14.9. The molecule has 0 aromatic carbocycles. The number of hydrogen-bond donors (Lipinski definition) is 3. The standard InChI is InChI=1S/C60H93NO17S/c1-13-79-33-51(64)75-35-59(9,34-62)58(70)77-47-25-23-43(30-50(47)73-11)29-39(5)49-32-46(63)38(4)28-41(7)53(66)54(74-12)52(65)40(6)27-36(2)19-15-14-16-20-37(3)48(72-10)31-44-24-22-42(8)60(71,78-44)55(67)56(68)61-26-18-17-21-45(61)57(69)76-49/h14-16,19-20,28,36,38-40,42-45,47-50,53-54,62,66,71H,13,17-18,21-27,29-35H2,1-12H3/b16-14+,19-15+,37-20+,41-28+/t36-,38-,39-,40-,42-,43+,44+,45+,47-,48+,49+,50-,53-,54+,59?,60-/m1/s1. The topological polar surface area (TPSA) is 248 Å². The Morgan fingerprint density at radius 3 is 2.28 bits per heavy atom.